The van der Waals surface area contributed by atoms with Gasteiger partial charge in [-0.2, -0.15) is 5.26 Å². The minimum atomic E-state index is -0.205. The number of hydrogen-bond donors (Lipinski definition) is 0. The first-order valence-corrected chi connectivity index (χ1v) is 5.51. The van der Waals surface area contributed by atoms with Gasteiger partial charge in [0.1, 0.15) is 5.78 Å². The molecule has 0 aromatic heterocycles. The van der Waals surface area contributed by atoms with Crippen molar-refractivity contribution in [2.45, 2.75) is 39.5 Å². The molecule has 14 heavy (non-hydrogen) atoms. The van der Waals surface area contributed by atoms with Crippen molar-refractivity contribution in [2.24, 2.45) is 23.2 Å². The van der Waals surface area contributed by atoms with Crippen molar-refractivity contribution in [1.29, 1.82) is 5.26 Å². The van der Waals surface area contributed by atoms with Crippen LogP contribution in [-0.4, -0.2) is 5.78 Å². The minimum Gasteiger partial charge on any atom is -0.299 e. The number of ketones is 1. The van der Waals surface area contributed by atoms with E-state index in [1.807, 2.05) is 0 Å². The molecule has 0 aromatic rings. The van der Waals surface area contributed by atoms with E-state index < -0.39 is 0 Å². The van der Waals surface area contributed by atoms with Crippen molar-refractivity contribution >= 4 is 5.78 Å². The molecule has 3 aliphatic rings. The zero-order chi connectivity index (χ0) is 10.3. The molecule has 2 heteroatoms. The zero-order valence-corrected chi connectivity index (χ0v) is 8.92. The molecule has 0 saturated heterocycles. The van der Waals surface area contributed by atoms with Crippen LogP contribution in [0.1, 0.15) is 39.5 Å². The van der Waals surface area contributed by atoms with Gasteiger partial charge >= 0.3 is 0 Å². The quantitative estimate of drug-likeness (QED) is 0.687. The summed E-state index contributed by atoms with van der Waals surface area (Å²) in [6, 6.07) is 2.33. The van der Waals surface area contributed by atoms with E-state index in [1.165, 1.54) is 0 Å². The van der Waals surface area contributed by atoms with Crippen molar-refractivity contribution in [3.63, 3.8) is 0 Å². The maximum Gasteiger partial charge on any atom is 0.140 e. The van der Waals surface area contributed by atoms with E-state index in [1.54, 1.807) is 0 Å². The fourth-order valence-electron chi connectivity index (χ4n) is 3.15. The molecular weight excluding hydrogens is 174 g/mol. The van der Waals surface area contributed by atoms with E-state index in [0.29, 0.717) is 24.0 Å². The molecule has 3 rings (SSSR count). The average Bonchev–Trinajstić information content (AvgIpc) is 2.54. The maximum absolute atomic E-state index is 12.0. The molecular formula is C12H17NO. The molecule has 0 N–H and O–H groups in total. The van der Waals surface area contributed by atoms with E-state index in [-0.39, 0.29) is 11.3 Å². The Hall–Kier alpha value is -0.840. The highest BCUT2D eigenvalue weighted by Crippen LogP contribution is 2.63. The van der Waals surface area contributed by atoms with Crippen LogP contribution in [0.2, 0.25) is 0 Å². The highest BCUT2D eigenvalue weighted by molar-refractivity contribution is 5.87. The third-order valence-corrected chi connectivity index (χ3v) is 3.85. The van der Waals surface area contributed by atoms with Gasteiger partial charge < -0.3 is 0 Å². The smallest absolute Gasteiger partial charge is 0.140 e. The van der Waals surface area contributed by atoms with Gasteiger partial charge in [-0.25, -0.2) is 0 Å². The van der Waals surface area contributed by atoms with Crippen molar-refractivity contribution in [1.82, 2.24) is 0 Å². The summed E-state index contributed by atoms with van der Waals surface area (Å²) in [6.45, 7) is 4.14. The van der Waals surface area contributed by atoms with Crippen LogP contribution in [0.4, 0.5) is 0 Å². The van der Waals surface area contributed by atoms with E-state index in [0.717, 1.165) is 19.3 Å². The molecule has 0 aromatic carbocycles. The Bertz CT molecular complexity index is 294. The topological polar surface area (TPSA) is 40.9 Å². The van der Waals surface area contributed by atoms with Crippen LogP contribution in [0.25, 0.3) is 0 Å². The third-order valence-electron chi connectivity index (χ3n) is 3.85. The first kappa shape index (κ1) is 9.71. The van der Waals surface area contributed by atoms with Gasteiger partial charge in [-0.05, 0) is 31.1 Å². The Balaban J connectivity index is 2.10. The van der Waals surface area contributed by atoms with E-state index in [2.05, 4.69) is 19.9 Å². The van der Waals surface area contributed by atoms with Crippen LogP contribution < -0.4 is 0 Å². The average molecular weight is 191 g/mol. The van der Waals surface area contributed by atoms with E-state index >= 15 is 0 Å². The lowest BCUT2D eigenvalue weighted by atomic mass is 9.63. The summed E-state index contributed by atoms with van der Waals surface area (Å²) in [4.78, 5) is 12.0. The molecule has 3 saturated carbocycles. The van der Waals surface area contributed by atoms with Crippen molar-refractivity contribution in [3.8, 4) is 6.07 Å². The summed E-state index contributed by atoms with van der Waals surface area (Å²) in [6.07, 6.45) is 3.62. The molecule has 76 valence electrons. The maximum atomic E-state index is 12.0. The summed E-state index contributed by atoms with van der Waals surface area (Å²) < 4.78 is 0. The molecule has 0 amide bonds. The van der Waals surface area contributed by atoms with Crippen LogP contribution >= 0.6 is 0 Å². The predicted molar refractivity (Wildman–Crippen MR) is 53.3 cm³/mol. The van der Waals surface area contributed by atoms with Gasteiger partial charge in [-0.3, -0.25) is 4.79 Å². The Labute approximate surface area is 85.3 Å². The SMILES string of the molecule is CC(C)CC(=O)C12CC(CC1C#N)C2. The Morgan fingerprint density at radius 2 is 2.21 bits per heavy atom. The molecule has 2 nitrogen and oxygen atoms in total. The molecule has 0 radical (unpaired) electrons. The second-order valence-electron chi connectivity index (χ2n) is 5.37. The molecule has 0 spiro atoms. The number of Topliss-reactive ketones (excluding diaryl/α,β-unsaturated/α-hetero) is 1. The largest absolute Gasteiger partial charge is 0.299 e. The molecule has 1 unspecified atom stereocenters. The first-order chi connectivity index (χ1) is 6.58. The van der Waals surface area contributed by atoms with Gasteiger partial charge in [-0.15, -0.1) is 0 Å². The summed E-state index contributed by atoms with van der Waals surface area (Å²) >= 11 is 0. The first-order valence-electron chi connectivity index (χ1n) is 5.51. The second kappa shape index (κ2) is 3.08. The van der Waals surface area contributed by atoms with E-state index in [4.69, 9.17) is 5.26 Å². The highest BCUT2D eigenvalue weighted by Gasteiger charge is 2.61. The number of carbonyl (C=O) groups is 1. The third kappa shape index (κ3) is 1.19. The van der Waals surface area contributed by atoms with Crippen LogP contribution in [0.5, 0.6) is 0 Å². The van der Waals surface area contributed by atoms with Crippen LogP contribution in [-0.2, 0) is 4.79 Å². The van der Waals surface area contributed by atoms with Crippen LogP contribution in [0.15, 0.2) is 0 Å². The zero-order valence-electron chi connectivity index (χ0n) is 8.92. The monoisotopic (exact) mass is 191 g/mol. The van der Waals surface area contributed by atoms with Crippen LogP contribution in [0.3, 0.4) is 0 Å². The summed E-state index contributed by atoms with van der Waals surface area (Å²) in [5.41, 5.74) is -0.205. The predicted octanol–water partition coefficient (Wildman–Crippen LogP) is 2.54. The number of hydrogen-bond acceptors (Lipinski definition) is 2. The summed E-state index contributed by atoms with van der Waals surface area (Å²) in [5.74, 6) is 1.48. The number of nitrogens with zero attached hydrogens (tertiary/aromatic N) is 1. The highest BCUT2D eigenvalue weighted by atomic mass is 16.1. The lowest BCUT2D eigenvalue weighted by Gasteiger charge is -2.38. The van der Waals surface area contributed by atoms with Gasteiger partial charge in [0.2, 0.25) is 0 Å². The van der Waals surface area contributed by atoms with E-state index in [9.17, 15) is 4.79 Å². The fraction of sp³-hybridized carbons (Fsp3) is 0.833. The second-order valence-corrected chi connectivity index (χ2v) is 5.37. The minimum absolute atomic E-state index is 0.0266. The molecule has 1 atom stereocenters. The Morgan fingerprint density at radius 1 is 1.57 bits per heavy atom. The van der Waals surface area contributed by atoms with Gasteiger partial charge in [0.25, 0.3) is 0 Å². The Morgan fingerprint density at radius 3 is 2.71 bits per heavy atom. The van der Waals surface area contributed by atoms with Crippen molar-refractivity contribution in [3.05, 3.63) is 0 Å². The number of nitriles is 1. The van der Waals surface area contributed by atoms with Crippen molar-refractivity contribution in [2.75, 3.05) is 0 Å². The van der Waals surface area contributed by atoms with Gasteiger partial charge in [-0.1, -0.05) is 13.8 Å². The van der Waals surface area contributed by atoms with Gasteiger partial charge in [0.05, 0.1) is 12.0 Å². The molecule has 0 aliphatic heterocycles. The van der Waals surface area contributed by atoms with Crippen molar-refractivity contribution < 1.29 is 4.79 Å². The normalized spacial score (nSPS) is 39.3. The number of fused-ring (bicyclic) bond motifs is 1. The fourth-order valence-corrected chi connectivity index (χ4v) is 3.15. The molecule has 2 bridgehead atoms. The molecule has 0 heterocycles. The summed E-state index contributed by atoms with van der Waals surface area (Å²) in [5, 5.41) is 9.01. The molecule has 3 fully saturated rings. The standard InChI is InChI=1S/C12H17NO/c1-8(2)3-11(14)12-5-9(6-12)4-10(12)7-13/h8-10H,3-6H2,1-2H3. The lowest BCUT2D eigenvalue weighted by molar-refractivity contribution is -0.134. The van der Waals surface area contributed by atoms with Gasteiger partial charge in [0.15, 0.2) is 0 Å². The summed E-state index contributed by atoms with van der Waals surface area (Å²) in [7, 11) is 0. The molecule has 3 aliphatic carbocycles. The number of rotatable bonds is 3. The Kier molecular flexibility index (Phi) is 2.14. The van der Waals surface area contributed by atoms with Crippen LogP contribution in [0, 0.1) is 34.5 Å². The lowest BCUT2D eigenvalue weighted by Crippen LogP contribution is -2.40. The van der Waals surface area contributed by atoms with Gasteiger partial charge in [0, 0.05) is 11.8 Å². The number of carbonyl (C=O) groups excluding carboxylic acids is 1.